The molecule has 1 aromatic carbocycles. The van der Waals surface area contributed by atoms with Crippen LogP contribution in [0.3, 0.4) is 0 Å². The van der Waals surface area contributed by atoms with Crippen LogP contribution in [0.2, 0.25) is 12.6 Å². The monoisotopic (exact) mass is 332 g/mol. The van der Waals surface area contributed by atoms with Gasteiger partial charge in [0.05, 0.1) is 6.04 Å². The second kappa shape index (κ2) is 9.47. The number of hydrogen-bond acceptors (Lipinski definition) is 4. The molecule has 0 heterocycles. The van der Waals surface area contributed by atoms with Gasteiger partial charge in [-0.1, -0.05) is 44.2 Å². The highest BCUT2D eigenvalue weighted by Gasteiger charge is 2.32. The van der Waals surface area contributed by atoms with Gasteiger partial charge in [-0.25, -0.2) is 0 Å². The van der Waals surface area contributed by atoms with E-state index in [1.165, 1.54) is 0 Å². The zero-order chi connectivity index (χ0) is 18.2. The molecule has 5 nitrogen and oxygen atoms in total. The molecule has 1 rings (SSSR count). The summed E-state index contributed by atoms with van der Waals surface area (Å²) in [5.74, 6) is -0.571. The highest BCUT2D eigenvalue weighted by atomic mass is 16.5. The predicted molar refractivity (Wildman–Crippen MR) is 97.6 cm³/mol. The molecule has 0 bridgehead atoms. The smallest absolute Gasteiger partial charge is 0.361 e. The maximum Gasteiger partial charge on any atom is 0.361 e. The SMILES string of the molecule is CCB(CC)OC(=O)[C@](C)(N)CCC(=O)N[C@H](C)c1ccccc1. The molecule has 0 aliphatic rings. The second-order valence-corrected chi connectivity index (χ2v) is 6.46. The number of nitrogens with two attached hydrogens (primary N) is 1. The molecule has 0 fully saturated rings. The lowest BCUT2D eigenvalue weighted by Gasteiger charge is -2.25. The van der Waals surface area contributed by atoms with Crippen LogP contribution in [0.4, 0.5) is 0 Å². The fourth-order valence-electron chi connectivity index (χ4n) is 2.36. The van der Waals surface area contributed by atoms with E-state index in [4.69, 9.17) is 10.4 Å². The van der Waals surface area contributed by atoms with Gasteiger partial charge in [0.1, 0.15) is 5.54 Å². The summed E-state index contributed by atoms with van der Waals surface area (Å²) in [5.41, 5.74) is 5.93. The summed E-state index contributed by atoms with van der Waals surface area (Å²) >= 11 is 0. The molecular formula is C18H29BN2O3. The number of carbonyl (C=O) groups is 2. The normalized spacial score (nSPS) is 14.4. The molecule has 0 spiro atoms. The van der Waals surface area contributed by atoms with E-state index in [1.807, 2.05) is 51.1 Å². The minimum absolute atomic E-state index is 0.0840. The Bertz CT molecular complexity index is 530. The van der Waals surface area contributed by atoms with Crippen LogP contribution < -0.4 is 11.1 Å². The molecule has 0 saturated heterocycles. The highest BCUT2D eigenvalue weighted by Crippen LogP contribution is 2.15. The van der Waals surface area contributed by atoms with Gasteiger partial charge in [0, 0.05) is 6.42 Å². The van der Waals surface area contributed by atoms with Crippen molar-refractivity contribution in [2.45, 2.75) is 64.8 Å². The molecule has 0 saturated carbocycles. The molecule has 24 heavy (non-hydrogen) atoms. The van der Waals surface area contributed by atoms with Crippen molar-refractivity contribution in [1.29, 1.82) is 0 Å². The van der Waals surface area contributed by atoms with Gasteiger partial charge in [-0.15, -0.1) is 0 Å². The molecule has 0 radical (unpaired) electrons. The summed E-state index contributed by atoms with van der Waals surface area (Å²) in [7, 11) is 0. The molecule has 6 heteroatoms. The summed E-state index contributed by atoms with van der Waals surface area (Å²) in [6.45, 7) is 7.36. The van der Waals surface area contributed by atoms with Crippen LogP contribution in [0.15, 0.2) is 30.3 Å². The highest BCUT2D eigenvalue weighted by molar-refractivity contribution is 6.53. The molecule has 132 valence electrons. The Morgan fingerprint density at radius 3 is 2.38 bits per heavy atom. The summed E-state index contributed by atoms with van der Waals surface area (Å²) < 4.78 is 5.40. The third-order valence-corrected chi connectivity index (χ3v) is 4.20. The van der Waals surface area contributed by atoms with Crippen molar-refractivity contribution in [3.8, 4) is 0 Å². The third-order valence-electron chi connectivity index (χ3n) is 4.20. The van der Waals surface area contributed by atoms with Gasteiger partial charge in [0.15, 0.2) is 0 Å². The molecule has 0 aliphatic heterocycles. The van der Waals surface area contributed by atoms with Crippen LogP contribution in [0, 0.1) is 0 Å². The number of amides is 1. The van der Waals surface area contributed by atoms with Crippen LogP contribution in [0.1, 0.15) is 52.1 Å². The zero-order valence-corrected chi connectivity index (χ0v) is 15.2. The molecule has 0 aromatic heterocycles. The van der Waals surface area contributed by atoms with Gasteiger partial charge in [-0.05, 0) is 38.5 Å². The Morgan fingerprint density at radius 2 is 1.83 bits per heavy atom. The Kier molecular flexibility index (Phi) is 7.99. The van der Waals surface area contributed by atoms with E-state index in [9.17, 15) is 9.59 Å². The molecular weight excluding hydrogens is 303 g/mol. The Morgan fingerprint density at radius 1 is 1.25 bits per heavy atom. The topological polar surface area (TPSA) is 81.4 Å². The van der Waals surface area contributed by atoms with E-state index >= 15 is 0 Å². The fourth-order valence-corrected chi connectivity index (χ4v) is 2.36. The van der Waals surface area contributed by atoms with Crippen LogP contribution in [0.5, 0.6) is 0 Å². The lowest BCUT2D eigenvalue weighted by atomic mass is 9.62. The van der Waals surface area contributed by atoms with Gasteiger partial charge in [-0.2, -0.15) is 0 Å². The van der Waals surface area contributed by atoms with Crippen molar-refractivity contribution in [2.75, 3.05) is 0 Å². The van der Waals surface area contributed by atoms with Crippen molar-refractivity contribution in [3.05, 3.63) is 35.9 Å². The lowest BCUT2D eigenvalue weighted by molar-refractivity contribution is -0.140. The predicted octanol–water partition coefficient (Wildman–Crippen LogP) is 2.94. The Balaban J connectivity index is 2.48. The number of carbonyl (C=O) groups excluding carboxylic acids is 2. The molecule has 3 N–H and O–H groups in total. The summed E-state index contributed by atoms with van der Waals surface area (Å²) in [6, 6.07) is 9.64. The number of nitrogens with one attached hydrogen (secondary N) is 1. The largest absolute Gasteiger partial charge is 0.535 e. The van der Waals surface area contributed by atoms with Gasteiger partial charge in [0.25, 0.3) is 0 Å². The first-order valence-corrected chi connectivity index (χ1v) is 8.64. The van der Waals surface area contributed by atoms with E-state index in [0.29, 0.717) is 0 Å². The quantitative estimate of drug-likeness (QED) is 0.681. The summed E-state index contributed by atoms with van der Waals surface area (Å²) in [5, 5.41) is 2.92. The maximum atomic E-state index is 12.2. The van der Waals surface area contributed by atoms with E-state index in [2.05, 4.69) is 5.32 Å². The lowest BCUT2D eigenvalue weighted by Crippen LogP contribution is -2.48. The van der Waals surface area contributed by atoms with Gasteiger partial charge in [-0.3, -0.25) is 9.59 Å². The number of benzene rings is 1. The first kappa shape index (κ1) is 20.2. The van der Waals surface area contributed by atoms with Crippen LogP contribution in [-0.2, 0) is 14.2 Å². The first-order chi connectivity index (χ1) is 11.3. The number of hydrogen-bond donors (Lipinski definition) is 2. The van der Waals surface area contributed by atoms with Crippen molar-refractivity contribution >= 4 is 18.8 Å². The average Bonchev–Trinajstić information content (AvgIpc) is 2.58. The minimum atomic E-state index is -1.16. The van der Waals surface area contributed by atoms with E-state index < -0.39 is 11.5 Å². The first-order valence-electron chi connectivity index (χ1n) is 8.64. The molecule has 2 atom stereocenters. The molecule has 0 unspecified atom stereocenters. The fraction of sp³-hybridized carbons (Fsp3) is 0.556. The van der Waals surface area contributed by atoms with Crippen LogP contribution >= 0.6 is 0 Å². The van der Waals surface area contributed by atoms with Gasteiger partial charge in [0.2, 0.25) is 5.91 Å². The van der Waals surface area contributed by atoms with Crippen molar-refractivity contribution in [1.82, 2.24) is 5.32 Å². The zero-order valence-electron chi connectivity index (χ0n) is 15.2. The average molecular weight is 332 g/mol. The number of rotatable bonds is 9. The van der Waals surface area contributed by atoms with Crippen LogP contribution in [0.25, 0.3) is 0 Å². The Hall–Kier alpha value is -1.82. The standard InChI is InChI=1S/C18H29BN2O3/c1-5-19(6-2)24-17(23)18(4,20)13-12-16(22)21-14(3)15-10-8-7-9-11-15/h7-11,14H,5-6,12-13,20H2,1-4H3,(H,21,22)/t14-,18-/m1/s1. The maximum absolute atomic E-state index is 12.2. The van der Waals surface area contributed by atoms with Crippen LogP contribution in [-0.4, -0.2) is 24.3 Å². The van der Waals surface area contributed by atoms with Gasteiger partial charge >= 0.3 is 12.9 Å². The molecule has 0 aliphatic carbocycles. The van der Waals surface area contributed by atoms with E-state index in [0.717, 1.165) is 18.2 Å². The van der Waals surface area contributed by atoms with Gasteiger partial charge < -0.3 is 15.7 Å². The summed E-state index contributed by atoms with van der Waals surface area (Å²) in [4.78, 5) is 24.3. The van der Waals surface area contributed by atoms with E-state index in [-0.39, 0.29) is 31.7 Å². The second-order valence-electron chi connectivity index (χ2n) is 6.46. The Labute approximate surface area is 145 Å². The van der Waals surface area contributed by atoms with E-state index in [1.54, 1.807) is 6.92 Å². The van der Waals surface area contributed by atoms with Crippen molar-refractivity contribution in [3.63, 3.8) is 0 Å². The summed E-state index contributed by atoms with van der Waals surface area (Å²) in [6.07, 6.45) is 1.95. The molecule has 1 amide bonds. The van der Waals surface area contributed by atoms with Crippen molar-refractivity contribution in [2.24, 2.45) is 5.73 Å². The molecule has 1 aromatic rings. The minimum Gasteiger partial charge on any atom is -0.535 e. The van der Waals surface area contributed by atoms with Crippen molar-refractivity contribution < 1.29 is 14.2 Å². The third kappa shape index (κ3) is 6.36.